The number of likely N-dealkylation sites (tertiary alicyclic amines) is 1. The van der Waals surface area contributed by atoms with E-state index in [2.05, 4.69) is 15.1 Å². The molecular weight excluding hydrogens is 306 g/mol. The van der Waals surface area contributed by atoms with Crippen molar-refractivity contribution in [2.75, 3.05) is 13.1 Å². The molecule has 3 rings (SSSR count). The van der Waals surface area contributed by atoms with Crippen molar-refractivity contribution in [2.45, 2.75) is 46.1 Å². The minimum absolute atomic E-state index is 0.0448. The summed E-state index contributed by atoms with van der Waals surface area (Å²) in [6.45, 7) is 7.78. The van der Waals surface area contributed by atoms with Crippen LogP contribution in [0.15, 0.2) is 16.9 Å². The van der Waals surface area contributed by atoms with E-state index in [1.54, 1.807) is 13.0 Å². The van der Waals surface area contributed by atoms with E-state index in [0.717, 1.165) is 37.3 Å². The third-order valence-corrected chi connectivity index (χ3v) is 4.51. The van der Waals surface area contributed by atoms with Gasteiger partial charge in [0.1, 0.15) is 5.82 Å². The molecule has 24 heavy (non-hydrogen) atoms. The lowest BCUT2D eigenvalue weighted by Crippen LogP contribution is -2.39. The molecular formula is C17H23N5O2. The standard InChI is InChI=1S/C17H23N5O2/c1-4-22-11(2)8-15(20-22)17(24)21-7-5-6-13(10-21)14-9-16(23)19-12(3)18-14/h8-9,13H,4-7,10H2,1-3H3,(H,18,19,23)/t13-/m1/s1. The molecule has 7 heteroatoms. The van der Waals surface area contributed by atoms with Gasteiger partial charge in [-0.15, -0.1) is 0 Å². The summed E-state index contributed by atoms with van der Waals surface area (Å²) in [6, 6.07) is 3.38. The first kappa shape index (κ1) is 16.4. The minimum Gasteiger partial charge on any atom is -0.337 e. The summed E-state index contributed by atoms with van der Waals surface area (Å²) < 4.78 is 1.83. The Kier molecular flexibility index (Phi) is 4.51. The van der Waals surface area contributed by atoms with E-state index >= 15 is 0 Å². The molecule has 1 amide bonds. The molecule has 1 aliphatic rings. The second-order valence-corrected chi connectivity index (χ2v) is 6.33. The van der Waals surface area contributed by atoms with E-state index in [0.29, 0.717) is 18.1 Å². The second kappa shape index (κ2) is 6.59. The number of aromatic nitrogens is 4. The number of hydrogen-bond acceptors (Lipinski definition) is 4. The lowest BCUT2D eigenvalue weighted by atomic mass is 9.94. The summed E-state index contributed by atoms with van der Waals surface area (Å²) in [5.74, 6) is 0.660. The average molecular weight is 329 g/mol. The molecule has 0 radical (unpaired) electrons. The van der Waals surface area contributed by atoms with E-state index in [4.69, 9.17) is 0 Å². The highest BCUT2D eigenvalue weighted by Crippen LogP contribution is 2.26. The summed E-state index contributed by atoms with van der Waals surface area (Å²) in [5, 5.41) is 4.38. The van der Waals surface area contributed by atoms with Crippen molar-refractivity contribution in [3.63, 3.8) is 0 Å². The maximum absolute atomic E-state index is 12.8. The zero-order valence-corrected chi connectivity index (χ0v) is 14.4. The Morgan fingerprint density at radius 3 is 2.83 bits per heavy atom. The maximum atomic E-state index is 12.8. The van der Waals surface area contributed by atoms with Gasteiger partial charge in [-0.2, -0.15) is 5.10 Å². The third-order valence-electron chi connectivity index (χ3n) is 4.51. The molecule has 1 aliphatic heterocycles. The first-order valence-electron chi connectivity index (χ1n) is 8.39. The SMILES string of the molecule is CCn1nc(C(=O)N2CCC[C@@H](c3cc(=O)[nH]c(C)n3)C2)cc1C. The number of piperidine rings is 1. The van der Waals surface area contributed by atoms with Crippen molar-refractivity contribution >= 4 is 5.91 Å². The van der Waals surface area contributed by atoms with E-state index in [1.165, 1.54) is 0 Å². The topological polar surface area (TPSA) is 83.9 Å². The van der Waals surface area contributed by atoms with Gasteiger partial charge in [-0.05, 0) is 39.7 Å². The van der Waals surface area contributed by atoms with Gasteiger partial charge in [-0.1, -0.05) is 0 Å². The van der Waals surface area contributed by atoms with E-state index in [9.17, 15) is 9.59 Å². The number of nitrogens with zero attached hydrogens (tertiary/aromatic N) is 4. The van der Waals surface area contributed by atoms with E-state index in [-0.39, 0.29) is 17.4 Å². The van der Waals surface area contributed by atoms with Gasteiger partial charge in [-0.25, -0.2) is 4.98 Å². The molecule has 1 fully saturated rings. The minimum atomic E-state index is -0.140. The Hall–Kier alpha value is -2.44. The molecule has 0 saturated carbocycles. The quantitative estimate of drug-likeness (QED) is 0.927. The fraction of sp³-hybridized carbons (Fsp3) is 0.529. The van der Waals surface area contributed by atoms with Crippen molar-refractivity contribution in [3.8, 4) is 0 Å². The fourth-order valence-electron chi connectivity index (χ4n) is 3.31. The number of rotatable bonds is 3. The molecule has 0 bridgehead atoms. The molecule has 1 saturated heterocycles. The fourth-order valence-corrected chi connectivity index (χ4v) is 3.31. The maximum Gasteiger partial charge on any atom is 0.274 e. The van der Waals surface area contributed by atoms with Crippen LogP contribution in [0.1, 0.15) is 53.4 Å². The van der Waals surface area contributed by atoms with Gasteiger partial charge < -0.3 is 9.88 Å². The van der Waals surface area contributed by atoms with Crippen molar-refractivity contribution < 1.29 is 4.79 Å². The van der Waals surface area contributed by atoms with Gasteiger partial charge in [0.05, 0.1) is 5.69 Å². The number of hydrogen-bond donors (Lipinski definition) is 1. The van der Waals surface area contributed by atoms with Gasteiger partial charge in [0.25, 0.3) is 11.5 Å². The monoisotopic (exact) mass is 329 g/mol. The molecule has 1 N–H and O–H groups in total. The molecule has 1 atom stereocenters. The van der Waals surface area contributed by atoms with Crippen LogP contribution in [-0.2, 0) is 6.54 Å². The Balaban J connectivity index is 1.79. The highest BCUT2D eigenvalue weighted by Gasteiger charge is 2.28. The van der Waals surface area contributed by atoms with E-state index < -0.39 is 0 Å². The van der Waals surface area contributed by atoms with Crippen molar-refractivity contribution in [2.24, 2.45) is 0 Å². The number of H-pyrrole nitrogens is 1. The Labute approximate surface area is 140 Å². The molecule has 2 aromatic rings. The van der Waals surface area contributed by atoms with Crippen LogP contribution < -0.4 is 5.56 Å². The van der Waals surface area contributed by atoms with Crippen molar-refractivity contribution in [1.29, 1.82) is 0 Å². The lowest BCUT2D eigenvalue weighted by Gasteiger charge is -2.32. The zero-order chi connectivity index (χ0) is 17.3. The second-order valence-electron chi connectivity index (χ2n) is 6.33. The summed E-state index contributed by atoms with van der Waals surface area (Å²) in [6.07, 6.45) is 1.83. The lowest BCUT2D eigenvalue weighted by molar-refractivity contribution is 0.0699. The van der Waals surface area contributed by atoms with Crippen LogP contribution in [0, 0.1) is 13.8 Å². The molecule has 0 unspecified atom stereocenters. The van der Waals surface area contributed by atoms with Crippen LogP contribution in [0.4, 0.5) is 0 Å². The third kappa shape index (κ3) is 3.25. The Bertz CT molecular complexity index is 808. The van der Waals surface area contributed by atoms with Gasteiger partial charge in [0.2, 0.25) is 0 Å². The molecule has 3 heterocycles. The van der Waals surface area contributed by atoms with Gasteiger partial charge in [0.15, 0.2) is 5.69 Å². The number of aryl methyl sites for hydroxylation is 3. The summed E-state index contributed by atoms with van der Waals surface area (Å²) in [5.41, 5.74) is 2.11. The van der Waals surface area contributed by atoms with Crippen LogP contribution in [0.5, 0.6) is 0 Å². The number of amides is 1. The number of carbonyl (C=O) groups is 1. The predicted octanol–water partition coefficient (Wildman–Crippen LogP) is 1.62. The first-order valence-corrected chi connectivity index (χ1v) is 8.39. The van der Waals surface area contributed by atoms with Crippen LogP contribution in [-0.4, -0.2) is 43.6 Å². The average Bonchev–Trinajstić information content (AvgIpc) is 2.94. The van der Waals surface area contributed by atoms with Gasteiger partial charge in [-0.3, -0.25) is 14.3 Å². The molecule has 2 aromatic heterocycles. The molecule has 0 aromatic carbocycles. The summed E-state index contributed by atoms with van der Waals surface area (Å²) in [7, 11) is 0. The number of aromatic amines is 1. The summed E-state index contributed by atoms with van der Waals surface area (Å²) >= 11 is 0. The van der Waals surface area contributed by atoms with Crippen LogP contribution in [0.3, 0.4) is 0 Å². The van der Waals surface area contributed by atoms with Crippen molar-refractivity contribution in [3.05, 3.63) is 45.4 Å². The molecule has 0 aliphatic carbocycles. The Morgan fingerprint density at radius 1 is 1.38 bits per heavy atom. The zero-order valence-electron chi connectivity index (χ0n) is 14.4. The van der Waals surface area contributed by atoms with E-state index in [1.807, 2.05) is 29.5 Å². The highest BCUT2D eigenvalue weighted by molar-refractivity contribution is 5.92. The number of nitrogens with one attached hydrogen (secondary N) is 1. The van der Waals surface area contributed by atoms with Crippen molar-refractivity contribution in [1.82, 2.24) is 24.6 Å². The predicted molar refractivity (Wildman–Crippen MR) is 90.1 cm³/mol. The molecule has 7 nitrogen and oxygen atoms in total. The number of carbonyl (C=O) groups excluding carboxylic acids is 1. The highest BCUT2D eigenvalue weighted by atomic mass is 16.2. The van der Waals surface area contributed by atoms with Crippen LogP contribution in [0.2, 0.25) is 0 Å². The Morgan fingerprint density at radius 2 is 2.17 bits per heavy atom. The smallest absolute Gasteiger partial charge is 0.274 e. The largest absolute Gasteiger partial charge is 0.337 e. The summed E-state index contributed by atoms with van der Waals surface area (Å²) in [4.78, 5) is 33.4. The molecule has 128 valence electrons. The van der Waals surface area contributed by atoms with Gasteiger partial charge >= 0.3 is 0 Å². The van der Waals surface area contributed by atoms with Crippen LogP contribution in [0.25, 0.3) is 0 Å². The van der Waals surface area contributed by atoms with Gasteiger partial charge in [0, 0.05) is 37.3 Å². The van der Waals surface area contributed by atoms with Crippen LogP contribution >= 0.6 is 0 Å². The first-order chi connectivity index (χ1) is 11.5. The molecule has 0 spiro atoms. The normalized spacial score (nSPS) is 18.0.